The molecule has 2 amide bonds. The third-order valence-corrected chi connectivity index (χ3v) is 4.40. The minimum Gasteiger partial charge on any atom is -0.378 e. The molecule has 11 heteroatoms. The number of amides is 2. The molecule has 2 aliphatic rings. The Morgan fingerprint density at radius 3 is 1.68 bits per heavy atom. The summed E-state index contributed by atoms with van der Waals surface area (Å²) >= 11 is 0. The summed E-state index contributed by atoms with van der Waals surface area (Å²) in [6.45, 7) is 26.8. The van der Waals surface area contributed by atoms with E-state index in [-0.39, 0.29) is 24.1 Å². The lowest BCUT2D eigenvalue weighted by Gasteiger charge is -2.26. The lowest BCUT2D eigenvalue weighted by molar-refractivity contribution is -0.282. The molecule has 0 saturated carbocycles. The summed E-state index contributed by atoms with van der Waals surface area (Å²) in [5, 5.41) is 0. The van der Waals surface area contributed by atoms with E-state index in [4.69, 9.17) is 36.8 Å². The monoisotopic (exact) mass is 482 g/mol. The van der Waals surface area contributed by atoms with E-state index in [0.717, 1.165) is 0 Å². The van der Waals surface area contributed by atoms with Crippen LogP contribution in [0.25, 0.3) is 9.69 Å². The van der Waals surface area contributed by atoms with E-state index in [1.807, 2.05) is 20.8 Å². The molecule has 0 radical (unpaired) electrons. The molecule has 0 bridgehead atoms. The lowest BCUT2D eigenvalue weighted by Crippen LogP contribution is -2.41. The van der Waals surface area contributed by atoms with Crippen LogP contribution < -0.4 is 0 Å². The lowest BCUT2D eigenvalue weighted by atomic mass is 10.3. The maximum absolute atomic E-state index is 11.5. The van der Waals surface area contributed by atoms with E-state index in [9.17, 15) is 9.59 Å². The molecule has 0 aromatic rings. The number of carbonyl (C=O) groups is 2. The zero-order valence-electron chi connectivity index (χ0n) is 20.8. The third kappa shape index (κ3) is 13.9. The Balaban J connectivity index is 0.000000486. The van der Waals surface area contributed by atoms with Crippen molar-refractivity contribution in [1.29, 1.82) is 0 Å². The molecule has 0 N–H and O–H groups in total. The van der Waals surface area contributed by atoms with Gasteiger partial charge in [0.25, 0.3) is 18.9 Å². The molecule has 0 aliphatic carbocycles. The predicted octanol–water partition coefficient (Wildman–Crippen LogP) is 1.81. The molecule has 0 spiro atoms. The zero-order valence-corrected chi connectivity index (χ0v) is 20.8. The van der Waals surface area contributed by atoms with Gasteiger partial charge in [0.2, 0.25) is 5.70 Å². The summed E-state index contributed by atoms with van der Waals surface area (Å²) in [6, 6.07) is 0. The number of carbonyl (C=O) groups excluding carboxylic acids is 2. The largest absolute Gasteiger partial charge is 0.378 e. The van der Waals surface area contributed by atoms with E-state index in [1.165, 1.54) is 0 Å². The highest BCUT2D eigenvalue weighted by Gasteiger charge is 2.20. The van der Waals surface area contributed by atoms with Gasteiger partial charge in [-0.3, -0.25) is 9.59 Å². The van der Waals surface area contributed by atoms with Crippen LogP contribution in [0, 0.1) is 13.1 Å². The second-order valence-electron chi connectivity index (χ2n) is 6.65. The molecular weight excluding hydrogens is 444 g/mol. The first-order valence-corrected chi connectivity index (χ1v) is 11.4. The maximum atomic E-state index is 11.5. The van der Waals surface area contributed by atoms with E-state index >= 15 is 0 Å². The Morgan fingerprint density at radius 1 is 0.882 bits per heavy atom. The van der Waals surface area contributed by atoms with Crippen molar-refractivity contribution in [3.05, 3.63) is 34.6 Å². The Kier molecular flexibility index (Phi) is 19.5. The molecule has 0 aromatic carbocycles. The molecule has 2 rings (SSSR count). The third-order valence-electron chi connectivity index (χ3n) is 4.40. The molecule has 0 atom stereocenters. The van der Waals surface area contributed by atoms with E-state index in [2.05, 4.69) is 9.69 Å². The predicted molar refractivity (Wildman–Crippen MR) is 125 cm³/mol. The summed E-state index contributed by atoms with van der Waals surface area (Å²) in [5.74, 6) is -0.260. The molecule has 0 aromatic heterocycles. The highest BCUT2D eigenvalue weighted by Crippen LogP contribution is 2.06. The minimum atomic E-state index is -0.472. The fraction of sp³-hybridized carbons (Fsp3) is 0.739. The molecule has 11 nitrogen and oxygen atoms in total. The van der Waals surface area contributed by atoms with Crippen LogP contribution in [0.4, 0.5) is 0 Å². The van der Waals surface area contributed by atoms with Crippen LogP contribution in [-0.2, 0) is 33.3 Å². The number of ether oxygens (including phenoxy) is 5. The second kappa shape index (κ2) is 21.0. The van der Waals surface area contributed by atoms with Crippen LogP contribution >= 0.6 is 0 Å². The summed E-state index contributed by atoms with van der Waals surface area (Å²) < 4.78 is 25.4. The van der Waals surface area contributed by atoms with Crippen molar-refractivity contribution in [2.45, 2.75) is 34.2 Å². The fourth-order valence-electron chi connectivity index (χ4n) is 2.70. The van der Waals surface area contributed by atoms with Crippen molar-refractivity contribution >= 4 is 11.8 Å². The van der Waals surface area contributed by atoms with Crippen LogP contribution in [-0.4, -0.2) is 107 Å². The molecule has 2 heterocycles. The summed E-state index contributed by atoms with van der Waals surface area (Å²) in [7, 11) is 0. The quantitative estimate of drug-likeness (QED) is 0.296. The highest BCUT2D eigenvalue weighted by atomic mass is 16.8. The van der Waals surface area contributed by atoms with Gasteiger partial charge in [0.05, 0.1) is 33.0 Å². The van der Waals surface area contributed by atoms with Gasteiger partial charge in [0, 0.05) is 46.0 Å². The van der Waals surface area contributed by atoms with Gasteiger partial charge >= 0.3 is 5.91 Å². The van der Waals surface area contributed by atoms with E-state index in [1.54, 1.807) is 22.8 Å². The normalized spacial score (nSPS) is 15.8. The van der Waals surface area contributed by atoms with Gasteiger partial charge in [-0.15, -0.1) is 0 Å². The van der Waals surface area contributed by atoms with Gasteiger partial charge in [0.15, 0.2) is 0 Å². The standard InChI is InChI=1S/C9H12N2O2.C7H10N2O2.C7H16O3/c1-3-8(10-2)9(12)11-4-6-13-7-5-11;1-8-6-7(10)9-2-4-11-5-3-9;1-4-8-7(9-5-2)10-6-3/h3H,4-7H2,1H3;2-6H2;7H,4-6H2,1-3H3/b8-3+;;. The van der Waals surface area contributed by atoms with Gasteiger partial charge < -0.3 is 38.3 Å². The maximum Gasteiger partial charge on any atom is 0.302 e. The van der Waals surface area contributed by atoms with Crippen LogP contribution in [0.15, 0.2) is 11.8 Å². The van der Waals surface area contributed by atoms with Crippen molar-refractivity contribution in [3.8, 4) is 0 Å². The first-order valence-electron chi connectivity index (χ1n) is 11.4. The first kappa shape index (κ1) is 31.5. The number of allylic oxidation sites excluding steroid dienone is 1. The molecular formula is C23H38N4O7. The van der Waals surface area contributed by atoms with Gasteiger partial charge in [-0.1, -0.05) is 13.0 Å². The highest BCUT2D eigenvalue weighted by molar-refractivity contribution is 5.95. The van der Waals surface area contributed by atoms with Crippen LogP contribution in [0.1, 0.15) is 27.7 Å². The van der Waals surface area contributed by atoms with Crippen LogP contribution in [0.2, 0.25) is 0 Å². The van der Waals surface area contributed by atoms with Crippen LogP contribution in [0.5, 0.6) is 0 Å². The molecule has 2 fully saturated rings. The number of hydrogen-bond acceptors (Lipinski definition) is 7. The first-order chi connectivity index (χ1) is 16.5. The van der Waals surface area contributed by atoms with Crippen molar-refractivity contribution in [1.82, 2.24) is 9.80 Å². The Morgan fingerprint density at radius 2 is 1.32 bits per heavy atom. The number of hydrogen-bond donors (Lipinski definition) is 0. The van der Waals surface area contributed by atoms with Gasteiger partial charge in [0.1, 0.15) is 0 Å². The topological polar surface area (TPSA) is 95.5 Å². The summed E-state index contributed by atoms with van der Waals surface area (Å²) in [6.07, 6.45) is 1.55. The van der Waals surface area contributed by atoms with Crippen molar-refractivity contribution < 1.29 is 33.3 Å². The van der Waals surface area contributed by atoms with Crippen molar-refractivity contribution in [2.75, 3.05) is 79.0 Å². The van der Waals surface area contributed by atoms with Gasteiger partial charge in [-0.05, 0) is 20.8 Å². The van der Waals surface area contributed by atoms with E-state index < -0.39 is 6.48 Å². The average molecular weight is 483 g/mol. The zero-order chi connectivity index (χ0) is 25.6. The Hall–Kier alpha value is -2.54. The van der Waals surface area contributed by atoms with E-state index in [0.29, 0.717) is 72.4 Å². The minimum absolute atomic E-state index is 0.0278. The van der Waals surface area contributed by atoms with Crippen LogP contribution in [0.3, 0.4) is 0 Å². The Labute approximate surface area is 203 Å². The second-order valence-corrected chi connectivity index (χ2v) is 6.65. The molecule has 34 heavy (non-hydrogen) atoms. The number of nitrogens with zero attached hydrogens (tertiary/aromatic N) is 4. The molecule has 0 unspecified atom stereocenters. The Bertz CT molecular complexity index is 662. The van der Waals surface area contributed by atoms with Crippen molar-refractivity contribution in [2.24, 2.45) is 0 Å². The molecule has 192 valence electrons. The number of morpholine rings is 2. The average Bonchev–Trinajstić information content (AvgIpc) is 2.87. The SMILES string of the molecule is CCOC(OCC)OCC.[C-]#[N+]/C(=C/C)C(=O)N1CCOCC1.[C-]#[N+]CC(=O)N1CCOCC1. The van der Waals surface area contributed by atoms with Gasteiger partial charge in [-0.2, -0.15) is 0 Å². The fourth-order valence-corrected chi connectivity index (χ4v) is 2.70. The van der Waals surface area contributed by atoms with Crippen molar-refractivity contribution in [3.63, 3.8) is 0 Å². The molecule has 2 saturated heterocycles. The van der Waals surface area contributed by atoms with Gasteiger partial charge in [-0.25, -0.2) is 11.4 Å². The summed E-state index contributed by atoms with van der Waals surface area (Å²) in [5.41, 5.74) is 0.196. The smallest absolute Gasteiger partial charge is 0.302 e. The summed E-state index contributed by atoms with van der Waals surface area (Å²) in [4.78, 5) is 32.1. The molecule has 2 aliphatic heterocycles. The number of rotatable bonds is 8.